The van der Waals surface area contributed by atoms with E-state index in [9.17, 15) is 14.7 Å². The Morgan fingerprint density at radius 3 is 2.20 bits per heavy atom. The molecule has 0 aromatic heterocycles. The maximum absolute atomic E-state index is 11.8. The van der Waals surface area contributed by atoms with Crippen molar-refractivity contribution < 1.29 is 14.7 Å². The summed E-state index contributed by atoms with van der Waals surface area (Å²) >= 11 is 0. The molecule has 0 bridgehead atoms. The number of hydrogen-bond acceptors (Lipinski definition) is 4. The summed E-state index contributed by atoms with van der Waals surface area (Å²) in [7, 11) is 0. The minimum atomic E-state index is -0.687. The first-order valence-corrected chi connectivity index (χ1v) is 6.85. The molecule has 0 saturated carbocycles. The van der Waals surface area contributed by atoms with Crippen molar-refractivity contribution in [1.29, 1.82) is 0 Å². The van der Waals surface area contributed by atoms with E-state index < -0.39 is 11.6 Å². The third-order valence-electron chi connectivity index (χ3n) is 3.84. The summed E-state index contributed by atoms with van der Waals surface area (Å²) in [5.41, 5.74) is 0.255. The Morgan fingerprint density at radius 1 is 1.25 bits per heavy atom. The van der Waals surface area contributed by atoms with Gasteiger partial charge in [-0.25, -0.2) is 0 Å². The topological polar surface area (TPSA) is 66.4 Å². The van der Waals surface area contributed by atoms with Crippen LogP contribution < -0.4 is 5.32 Å². The van der Waals surface area contributed by atoms with E-state index in [2.05, 4.69) is 5.32 Å². The summed E-state index contributed by atoms with van der Waals surface area (Å²) in [4.78, 5) is 23.6. The number of aromatic hydroxyl groups is 1. The van der Waals surface area contributed by atoms with Gasteiger partial charge in [0.1, 0.15) is 17.3 Å². The molecule has 1 aromatic carbocycles. The highest BCUT2D eigenvalue weighted by Gasteiger charge is 2.31. The molecular formula is C16H23NO3. The summed E-state index contributed by atoms with van der Waals surface area (Å²) < 4.78 is 0. The molecule has 0 radical (unpaired) electrons. The summed E-state index contributed by atoms with van der Waals surface area (Å²) in [6.07, 6.45) is 1.13. The van der Waals surface area contributed by atoms with E-state index in [1.807, 2.05) is 13.8 Å². The monoisotopic (exact) mass is 277 g/mol. The van der Waals surface area contributed by atoms with Crippen LogP contribution in [0.1, 0.15) is 39.7 Å². The molecule has 0 amide bonds. The van der Waals surface area contributed by atoms with Crippen molar-refractivity contribution >= 4 is 11.6 Å². The molecule has 0 saturated heterocycles. The second kappa shape index (κ2) is 6.66. The van der Waals surface area contributed by atoms with E-state index in [4.69, 9.17) is 0 Å². The summed E-state index contributed by atoms with van der Waals surface area (Å²) in [5, 5.41) is 12.5. The Bertz CT molecular complexity index is 481. The quantitative estimate of drug-likeness (QED) is 0.802. The van der Waals surface area contributed by atoms with E-state index in [0.717, 1.165) is 5.56 Å². The van der Waals surface area contributed by atoms with Gasteiger partial charge in [-0.05, 0) is 51.3 Å². The van der Waals surface area contributed by atoms with Crippen molar-refractivity contribution in [3.8, 4) is 5.75 Å². The number of carbonyl (C=O) groups is 2. The first kappa shape index (κ1) is 16.4. The first-order valence-electron chi connectivity index (χ1n) is 6.85. The molecule has 20 heavy (non-hydrogen) atoms. The molecule has 4 heteroatoms. The standard InChI is InChI=1S/C16H23NO3/c1-5-16(4,12(3)19)17-15(11(2)18)10-13-6-8-14(20)9-7-13/h6-9,15,17,20H,5,10H2,1-4H3/t15-,16?/m0/s1. The normalized spacial score (nSPS) is 15.4. The van der Waals surface area contributed by atoms with Crippen LogP contribution in [-0.4, -0.2) is 28.3 Å². The highest BCUT2D eigenvalue weighted by Crippen LogP contribution is 2.16. The Labute approximate surface area is 120 Å². The SMILES string of the molecule is CCC(C)(N[C@@H](Cc1ccc(O)cc1)C(C)=O)C(C)=O. The molecular weight excluding hydrogens is 254 g/mol. The van der Waals surface area contributed by atoms with Gasteiger partial charge in [0, 0.05) is 0 Å². The van der Waals surface area contributed by atoms with Gasteiger partial charge in [0.2, 0.25) is 0 Å². The fourth-order valence-corrected chi connectivity index (χ4v) is 2.00. The molecule has 2 N–H and O–H groups in total. The molecule has 0 aliphatic rings. The molecule has 4 nitrogen and oxygen atoms in total. The number of Topliss-reactive ketones (excluding diaryl/α,β-unsaturated/α-hetero) is 2. The van der Waals surface area contributed by atoms with Crippen LogP contribution in [0.25, 0.3) is 0 Å². The lowest BCUT2D eigenvalue weighted by Crippen LogP contribution is -2.55. The van der Waals surface area contributed by atoms with Gasteiger partial charge in [-0.1, -0.05) is 19.1 Å². The van der Waals surface area contributed by atoms with Crippen LogP contribution in [0.2, 0.25) is 0 Å². The molecule has 1 aromatic rings. The van der Waals surface area contributed by atoms with Crippen LogP contribution in [0.5, 0.6) is 5.75 Å². The number of rotatable bonds is 7. The molecule has 0 heterocycles. The maximum Gasteiger partial charge on any atom is 0.149 e. The van der Waals surface area contributed by atoms with Crippen LogP contribution in [0.3, 0.4) is 0 Å². The average Bonchev–Trinajstić information content (AvgIpc) is 2.39. The Morgan fingerprint density at radius 2 is 1.80 bits per heavy atom. The van der Waals surface area contributed by atoms with Crippen molar-refractivity contribution in [3.05, 3.63) is 29.8 Å². The first-order chi connectivity index (χ1) is 9.28. The zero-order chi connectivity index (χ0) is 15.3. The third-order valence-corrected chi connectivity index (χ3v) is 3.84. The lowest BCUT2D eigenvalue weighted by Gasteiger charge is -2.31. The lowest BCUT2D eigenvalue weighted by atomic mass is 9.91. The van der Waals surface area contributed by atoms with Gasteiger partial charge in [0.15, 0.2) is 0 Å². The number of hydrogen-bond donors (Lipinski definition) is 2. The predicted octanol–water partition coefficient (Wildman–Crippen LogP) is 2.24. The largest absolute Gasteiger partial charge is 0.508 e. The van der Waals surface area contributed by atoms with Gasteiger partial charge >= 0.3 is 0 Å². The molecule has 110 valence electrons. The van der Waals surface area contributed by atoms with Crippen molar-refractivity contribution in [2.75, 3.05) is 0 Å². The second-order valence-corrected chi connectivity index (χ2v) is 5.42. The number of carbonyl (C=O) groups excluding carboxylic acids is 2. The molecule has 2 atom stereocenters. The minimum Gasteiger partial charge on any atom is -0.508 e. The number of ketones is 2. The number of phenolic OH excluding ortho intramolecular Hbond substituents is 1. The number of benzene rings is 1. The van der Waals surface area contributed by atoms with Crippen molar-refractivity contribution in [2.24, 2.45) is 0 Å². The Kier molecular flexibility index (Phi) is 5.45. The summed E-state index contributed by atoms with van der Waals surface area (Å²) in [6.45, 7) is 6.80. The van der Waals surface area contributed by atoms with Gasteiger partial charge in [0.25, 0.3) is 0 Å². The predicted molar refractivity (Wildman–Crippen MR) is 78.8 cm³/mol. The van der Waals surface area contributed by atoms with Gasteiger partial charge < -0.3 is 5.11 Å². The maximum atomic E-state index is 11.8. The van der Waals surface area contributed by atoms with Crippen molar-refractivity contribution in [2.45, 2.75) is 52.1 Å². The Balaban J connectivity index is 2.87. The molecule has 0 aliphatic carbocycles. The van der Waals surface area contributed by atoms with Gasteiger partial charge in [0.05, 0.1) is 11.6 Å². The molecule has 1 unspecified atom stereocenters. The van der Waals surface area contributed by atoms with Gasteiger partial charge in [-0.2, -0.15) is 0 Å². The highest BCUT2D eigenvalue weighted by atomic mass is 16.3. The number of phenols is 1. The zero-order valence-electron chi connectivity index (χ0n) is 12.6. The smallest absolute Gasteiger partial charge is 0.149 e. The lowest BCUT2D eigenvalue weighted by molar-refractivity contribution is -0.124. The van der Waals surface area contributed by atoms with Crippen LogP contribution in [-0.2, 0) is 16.0 Å². The van der Waals surface area contributed by atoms with E-state index in [-0.39, 0.29) is 17.3 Å². The number of nitrogens with one attached hydrogen (secondary N) is 1. The van der Waals surface area contributed by atoms with Gasteiger partial charge in [-0.3, -0.25) is 14.9 Å². The van der Waals surface area contributed by atoms with E-state index in [1.54, 1.807) is 24.3 Å². The Hall–Kier alpha value is -1.68. The summed E-state index contributed by atoms with van der Waals surface area (Å²) in [6, 6.07) is 6.34. The van der Waals surface area contributed by atoms with Crippen molar-refractivity contribution in [3.63, 3.8) is 0 Å². The van der Waals surface area contributed by atoms with Crippen LogP contribution in [0.4, 0.5) is 0 Å². The van der Waals surface area contributed by atoms with Gasteiger partial charge in [-0.15, -0.1) is 0 Å². The van der Waals surface area contributed by atoms with Crippen LogP contribution in [0.15, 0.2) is 24.3 Å². The van der Waals surface area contributed by atoms with Crippen LogP contribution in [0, 0.1) is 0 Å². The van der Waals surface area contributed by atoms with E-state index in [0.29, 0.717) is 12.8 Å². The minimum absolute atomic E-state index is 0.000926. The van der Waals surface area contributed by atoms with Crippen LogP contribution >= 0.6 is 0 Å². The molecule has 1 rings (SSSR count). The molecule has 0 fully saturated rings. The zero-order valence-corrected chi connectivity index (χ0v) is 12.6. The summed E-state index contributed by atoms with van der Waals surface area (Å²) in [5.74, 6) is 0.221. The van der Waals surface area contributed by atoms with E-state index >= 15 is 0 Å². The molecule has 0 aliphatic heterocycles. The average molecular weight is 277 g/mol. The van der Waals surface area contributed by atoms with E-state index in [1.165, 1.54) is 13.8 Å². The third kappa shape index (κ3) is 4.17. The highest BCUT2D eigenvalue weighted by molar-refractivity contribution is 5.88. The fraction of sp³-hybridized carbons (Fsp3) is 0.500. The second-order valence-electron chi connectivity index (χ2n) is 5.42. The molecule has 0 spiro atoms. The van der Waals surface area contributed by atoms with Crippen molar-refractivity contribution in [1.82, 2.24) is 5.32 Å². The fourth-order valence-electron chi connectivity index (χ4n) is 2.00.